The summed E-state index contributed by atoms with van der Waals surface area (Å²) in [6, 6.07) is 0. The van der Waals surface area contributed by atoms with E-state index in [1.165, 1.54) is 0 Å². The number of nitrogens with zero attached hydrogens (tertiary/aromatic N) is 2. The summed E-state index contributed by atoms with van der Waals surface area (Å²) < 4.78 is 7.26. The largest absolute Gasteiger partial charge is 0.381 e. The number of aromatic nitrogens is 2. The van der Waals surface area contributed by atoms with Crippen LogP contribution >= 0.6 is 0 Å². The first kappa shape index (κ1) is 10.4. The van der Waals surface area contributed by atoms with E-state index in [1.807, 2.05) is 11.6 Å². The zero-order valence-electron chi connectivity index (χ0n) is 8.98. The molecule has 1 aliphatic heterocycles. The van der Waals surface area contributed by atoms with Gasteiger partial charge in [0.15, 0.2) is 6.29 Å². The second-order valence-electron chi connectivity index (χ2n) is 3.81. The molecule has 0 radical (unpaired) electrons. The summed E-state index contributed by atoms with van der Waals surface area (Å²) in [5.74, 6) is 0.432. The van der Waals surface area contributed by atoms with Crippen molar-refractivity contribution in [1.82, 2.24) is 9.78 Å². The first-order valence-corrected chi connectivity index (χ1v) is 5.45. The summed E-state index contributed by atoms with van der Waals surface area (Å²) in [4.78, 5) is 10.9. The fraction of sp³-hybridized carbons (Fsp3) is 0.636. The van der Waals surface area contributed by atoms with Crippen molar-refractivity contribution in [3.63, 3.8) is 0 Å². The van der Waals surface area contributed by atoms with Gasteiger partial charge in [0, 0.05) is 25.7 Å². The van der Waals surface area contributed by atoms with Crippen LogP contribution in [0.5, 0.6) is 0 Å². The predicted octanol–water partition coefficient (Wildman–Crippen LogP) is 1.61. The van der Waals surface area contributed by atoms with E-state index in [-0.39, 0.29) is 0 Å². The molecule has 0 amide bonds. The summed E-state index contributed by atoms with van der Waals surface area (Å²) in [5, 5.41) is 4.23. The monoisotopic (exact) mass is 208 g/mol. The predicted molar refractivity (Wildman–Crippen MR) is 56.1 cm³/mol. The average molecular weight is 208 g/mol. The average Bonchev–Trinajstić information content (AvgIpc) is 2.72. The van der Waals surface area contributed by atoms with E-state index >= 15 is 0 Å². The molecule has 0 bridgehead atoms. The molecule has 2 heterocycles. The van der Waals surface area contributed by atoms with Crippen molar-refractivity contribution in [1.29, 1.82) is 0 Å². The fourth-order valence-corrected chi connectivity index (χ4v) is 2.17. The summed E-state index contributed by atoms with van der Waals surface area (Å²) in [7, 11) is 0. The summed E-state index contributed by atoms with van der Waals surface area (Å²) >= 11 is 0. The number of hydrogen-bond donors (Lipinski definition) is 0. The molecule has 0 unspecified atom stereocenters. The molecular weight excluding hydrogens is 192 g/mol. The lowest BCUT2D eigenvalue weighted by atomic mass is 9.94. The normalized spacial score (nSPS) is 17.9. The Morgan fingerprint density at radius 1 is 1.60 bits per heavy atom. The minimum absolute atomic E-state index is 0.432. The molecule has 0 atom stereocenters. The van der Waals surface area contributed by atoms with Gasteiger partial charge >= 0.3 is 0 Å². The number of rotatable bonds is 3. The topological polar surface area (TPSA) is 44.1 Å². The Morgan fingerprint density at radius 3 is 2.93 bits per heavy atom. The molecule has 82 valence electrons. The van der Waals surface area contributed by atoms with Crippen LogP contribution in [-0.2, 0) is 11.3 Å². The SMILES string of the molecule is CCn1ncc(C=O)c1C1CCOCC1. The maximum absolute atomic E-state index is 10.9. The summed E-state index contributed by atoms with van der Waals surface area (Å²) in [6.07, 6.45) is 4.56. The molecule has 0 spiro atoms. The quantitative estimate of drug-likeness (QED) is 0.709. The lowest BCUT2D eigenvalue weighted by molar-refractivity contribution is 0.0831. The number of carbonyl (C=O) groups is 1. The third-order valence-electron chi connectivity index (χ3n) is 2.94. The van der Waals surface area contributed by atoms with E-state index in [1.54, 1.807) is 6.20 Å². The molecule has 1 aromatic rings. The Labute approximate surface area is 89.2 Å². The maximum atomic E-state index is 10.9. The second-order valence-corrected chi connectivity index (χ2v) is 3.81. The van der Waals surface area contributed by atoms with E-state index < -0.39 is 0 Å². The first-order valence-electron chi connectivity index (χ1n) is 5.45. The van der Waals surface area contributed by atoms with E-state index in [0.29, 0.717) is 5.92 Å². The van der Waals surface area contributed by atoms with Gasteiger partial charge < -0.3 is 4.74 Å². The third-order valence-corrected chi connectivity index (χ3v) is 2.94. The highest BCUT2D eigenvalue weighted by Crippen LogP contribution is 2.28. The second kappa shape index (κ2) is 4.57. The van der Waals surface area contributed by atoms with Crippen LogP contribution in [0.25, 0.3) is 0 Å². The smallest absolute Gasteiger partial charge is 0.153 e. The minimum atomic E-state index is 0.432. The van der Waals surface area contributed by atoms with E-state index in [2.05, 4.69) is 5.10 Å². The van der Waals surface area contributed by atoms with Crippen molar-refractivity contribution in [3.05, 3.63) is 17.5 Å². The van der Waals surface area contributed by atoms with Gasteiger partial charge in [-0.15, -0.1) is 0 Å². The van der Waals surface area contributed by atoms with Crippen LogP contribution in [0.1, 0.15) is 41.7 Å². The standard InChI is InChI=1S/C11H16N2O2/c1-2-13-11(10(8-14)7-12-13)9-3-5-15-6-4-9/h7-9H,2-6H2,1H3. The van der Waals surface area contributed by atoms with E-state index in [0.717, 1.165) is 50.1 Å². The molecule has 1 aromatic heterocycles. The Balaban J connectivity index is 2.30. The number of carbonyl (C=O) groups excluding carboxylic acids is 1. The van der Waals surface area contributed by atoms with Crippen molar-refractivity contribution in [2.45, 2.75) is 32.2 Å². The van der Waals surface area contributed by atoms with Crippen LogP contribution in [0.2, 0.25) is 0 Å². The van der Waals surface area contributed by atoms with E-state index in [9.17, 15) is 4.79 Å². The van der Waals surface area contributed by atoms with Gasteiger partial charge in [0.05, 0.1) is 17.5 Å². The van der Waals surface area contributed by atoms with Gasteiger partial charge in [-0.05, 0) is 19.8 Å². The maximum Gasteiger partial charge on any atom is 0.153 e. The molecule has 4 nitrogen and oxygen atoms in total. The van der Waals surface area contributed by atoms with Gasteiger partial charge in [-0.3, -0.25) is 9.48 Å². The number of aryl methyl sites for hydroxylation is 1. The molecule has 0 aromatic carbocycles. The summed E-state index contributed by atoms with van der Waals surface area (Å²) in [6.45, 7) is 4.45. The molecule has 0 saturated carbocycles. The zero-order valence-corrected chi connectivity index (χ0v) is 8.98. The Hall–Kier alpha value is -1.16. The molecule has 15 heavy (non-hydrogen) atoms. The van der Waals surface area contributed by atoms with Gasteiger partial charge in [0.1, 0.15) is 0 Å². The lowest BCUT2D eigenvalue weighted by Crippen LogP contribution is -2.18. The molecule has 1 aliphatic rings. The lowest BCUT2D eigenvalue weighted by Gasteiger charge is -2.23. The van der Waals surface area contributed by atoms with Gasteiger partial charge in [0.25, 0.3) is 0 Å². The Kier molecular flexibility index (Phi) is 3.16. The highest BCUT2D eigenvalue weighted by molar-refractivity contribution is 5.76. The number of hydrogen-bond acceptors (Lipinski definition) is 3. The molecule has 1 saturated heterocycles. The van der Waals surface area contributed by atoms with Gasteiger partial charge in [-0.25, -0.2) is 0 Å². The molecule has 1 fully saturated rings. The highest BCUT2D eigenvalue weighted by atomic mass is 16.5. The third kappa shape index (κ3) is 1.95. The van der Waals surface area contributed by atoms with Crippen LogP contribution in [0, 0.1) is 0 Å². The molecule has 2 rings (SSSR count). The van der Waals surface area contributed by atoms with Crippen LogP contribution in [0.4, 0.5) is 0 Å². The van der Waals surface area contributed by atoms with Crippen LogP contribution < -0.4 is 0 Å². The summed E-state index contributed by atoms with van der Waals surface area (Å²) in [5.41, 5.74) is 1.83. The van der Waals surface area contributed by atoms with Crippen molar-refractivity contribution < 1.29 is 9.53 Å². The van der Waals surface area contributed by atoms with Gasteiger partial charge in [-0.2, -0.15) is 5.10 Å². The number of aldehydes is 1. The Bertz CT molecular complexity index is 340. The molecular formula is C11H16N2O2. The highest BCUT2D eigenvalue weighted by Gasteiger charge is 2.22. The van der Waals surface area contributed by atoms with Crippen LogP contribution in [0.3, 0.4) is 0 Å². The van der Waals surface area contributed by atoms with Crippen molar-refractivity contribution in [3.8, 4) is 0 Å². The van der Waals surface area contributed by atoms with Crippen molar-refractivity contribution in [2.24, 2.45) is 0 Å². The fourth-order valence-electron chi connectivity index (χ4n) is 2.17. The number of ether oxygens (including phenoxy) is 1. The van der Waals surface area contributed by atoms with Crippen LogP contribution in [-0.4, -0.2) is 29.3 Å². The Morgan fingerprint density at radius 2 is 2.33 bits per heavy atom. The van der Waals surface area contributed by atoms with E-state index in [4.69, 9.17) is 4.74 Å². The molecule has 4 heteroatoms. The zero-order chi connectivity index (χ0) is 10.7. The van der Waals surface area contributed by atoms with Crippen molar-refractivity contribution in [2.75, 3.05) is 13.2 Å². The minimum Gasteiger partial charge on any atom is -0.381 e. The molecule has 0 N–H and O–H groups in total. The van der Waals surface area contributed by atoms with Crippen LogP contribution in [0.15, 0.2) is 6.20 Å². The first-order chi connectivity index (χ1) is 7.36. The molecule has 0 aliphatic carbocycles. The van der Waals surface area contributed by atoms with Gasteiger partial charge in [0.2, 0.25) is 0 Å². The van der Waals surface area contributed by atoms with Crippen molar-refractivity contribution >= 4 is 6.29 Å². The van der Waals surface area contributed by atoms with Gasteiger partial charge in [-0.1, -0.05) is 0 Å².